The van der Waals surface area contributed by atoms with Crippen LogP contribution in [0, 0.1) is 6.92 Å². The zero-order chi connectivity index (χ0) is 10.7. The standard InChI is InChI=1S/C12H18N2S/c1-9-2-3-11(13)12(8-9)15-10-4-6-14-7-5-10/h2-3,8,10,14H,4-7,13H2,1H3. The van der Waals surface area contributed by atoms with Crippen LogP contribution in [0.4, 0.5) is 5.69 Å². The fraction of sp³-hybridized carbons (Fsp3) is 0.500. The summed E-state index contributed by atoms with van der Waals surface area (Å²) >= 11 is 1.94. The van der Waals surface area contributed by atoms with Gasteiger partial charge in [0.15, 0.2) is 0 Å². The van der Waals surface area contributed by atoms with Gasteiger partial charge in [-0.15, -0.1) is 11.8 Å². The van der Waals surface area contributed by atoms with Gasteiger partial charge < -0.3 is 11.1 Å². The Labute approximate surface area is 95.6 Å². The number of hydrogen-bond donors (Lipinski definition) is 2. The highest BCUT2D eigenvalue weighted by Crippen LogP contribution is 2.33. The van der Waals surface area contributed by atoms with Gasteiger partial charge in [-0.1, -0.05) is 6.07 Å². The molecule has 0 bridgehead atoms. The van der Waals surface area contributed by atoms with E-state index in [1.165, 1.54) is 23.3 Å². The van der Waals surface area contributed by atoms with Crippen molar-refractivity contribution in [1.29, 1.82) is 0 Å². The molecule has 3 heteroatoms. The molecule has 0 saturated carbocycles. The summed E-state index contributed by atoms with van der Waals surface area (Å²) in [6, 6.07) is 6.28. The lowest BCUT2D eigenvalue weighted by atomic mass is 10.2. The lowest BCUT2D eigenvalue weighted by molar-refractivity contribution is 0.531. The number of anilines is 1. The van der Waals surface area contributed by atoms with Crippen LogP contribution in [-0.4, -0.2) is 18.3 Å². The van der Waals surface area contributed by atoms with Crippen LogP contribution in [-0.2, 0) is 0 Å². The van der Waals surface area contributed by atoms with E-state index in [4.69, 9.17) is 5.73 Å². The highest BCUT2D eigenvalue weighted by atomic mass is 32.2. The summed E-state index contributed by atoms with van der Waals surface area (Å²) in [5.74, 6) is 0. The number of nitrogens with one attached hydrogen (secondary N) is 1. The molecule has 0 unspecified atom stereocenters. The van der Waals surface area contributed by atoms with E-state index in [1.807, 2.05) is 17.8 Å². The van der Waals surface area contributed by atoms with Crippen molar-refractivity contribution < 1.29 is 0 Å². The molecule has 0 atom stereocenters. The number of benzene rings is 1. The smallest absolute Gasteiger partial charge is 0.0452 e. The second-order valence-corrected chi connectivity index (χ2v) is 5.45. The first-order chi connectivity index (χ1) is 7.25. The Hall–Kier alpha value is -0.670. The molecule has 82 valence electrons. The van der Waals surface area contributed by atoms with Crippen LogP contribution in [0.1, 0.15) is 18.4 Å². The monoisotopic (exact) mass is 222 g/mol. The summed E-state index contributed by atoms with van der Waals surface area (Å²) < 4.78 is 0. The van der Waals surface area contributed by atoms with Crippen LogP contribution in [0.2, 0.25) is 0 Å². The van der Waals surface area contributed by atoms with E-state index in [-0.39, 0.29) is 0 Å². The normalized spacial score (nSPS) is 17.9. The highest BCUT2D eigenvalue weighted by molar-refractivity contribution is 8.00. The first-order valence-electron chi connectivity index (χ1n) is 5.49. The molecule has 1 aromatic rings. The van der Waals surface area contributed by atoms with Gasteiger partial charge in [0.25, 0.3) is 0 Å². The first-order valence-corrected chi connectivity index (χ1v) is 6.37. The SMILES string of the molecule is Cc1ccc(N)c(SC2CCNCC2)c1. The molecule has 2 rings (SSSR count). The molecule has 0 amide bonds. The van der Waals surface area contributed by atoms with Gasteiger partial charge in [0.05, 0.1) is 0 Å². The molecule has 1 heterocycles. The van der Waals surface area contributed by atoms with Crippen LogP contribution in [0.5, 0.6) is 0 Å². The van der Waals surface area contributed by atoms with Crippen LogP contribution in [0.25, 0.3) is 0 Å². The number of piperidine rings is 1. The molecule has 1 fully saturated rings. The van der Waals surface area contributed by atoms with E-state index in [1.54, 1.807) is 0 Å². The van der Waals surface area contributed by atoms with E-state index in [2.05, 4.69) is 24.4 Å². The molecule has 2 nitrogen and oxygen atoms in total. The fourth-order valence-corrected chi connectivity index (χ4v) is 3.13. The van der Waals surface area contributed by atoms with Crippen molar-refractivity contribution in [2.45, 2.75) is 29.9 Å². The molecule has 0 radical (unpaired) electrons. The Balaban J connectivity index is 2.05. The van der Waals surface area contributed by atoms with E-state index in [9.17, 15) is 0 Å². The number of nitrogens with two attached hydrogens (primary N) is 1. The molecule has 1 aliphatic heterocycles. The second kappa shape index (κ2) is 4.90. The molecule has 0 aromatic heterocycles. The number of nitrogen functional groups attached to an aromatic ring is 1. The topological polar surface area (TPSA) is 38.0 Å². The number of aryl methyl sites for hydroxylation is 1. The van der Waals surface area contributed by atoms with Crippen molar-refractivity contribution in [2.75, 3.05) is 18.8 Å². The number of rotatable bonds is 2. The average molecular weight is 222 g/mol. The van der Waals surface area contributed by atoms with Crippen molar-refractivity contribution in [3.8, 4) is 0 Å². The maximum atomic E-state index is 5.97. The minimum Gasteiger partial charge on any atom is -0.398 e. The zero-order valence-corrected chi connectivity index (χ0v) is 9.94. The Morgan fingerprint density at radius 1 is 1.33 bits per heavy atom. The van der Waals surface area contributed by atoms with E-state index in [0.29, 0.717) is 0 Å². The second-order valence-electron chi connectivity index (χ2n) is 4.11. The molecule has 1 aromatic carbocycles. The summed E-state index contributed by atoms with van der Waals surface area (Å²) in [6.07, 6.45) is 2.50. The maximum absolute atomic E-state index is 5.97. The van der Waals surface area contributed by atoms with Crippen molar-refractivity contribution >= 4 is 17.4 Å². The van der Waals surface area contributed by atoms with Gasteiger partial charge in [0.2, 0.25) is 0 Å². The largest absolute Gasteiger partial charge is 0.398 e. The molecule has 15 heavy (non-hydrogen) atoms. The minimum absolute atomic E-state index is 0.732. The molecular formula is C12H18N2S. The van der Waals surface area contributed by atoms with E-state index in [0.717, 1.165) is 24.0 Å². The summed E-state index contributed by atoms with van der Waals surface area (Å²) in [5, 5.41) is 4.11. The van der Waals surface area contributed by atoms with Crippen LogP contribution < -0.4 is 11.1 Å². The van der Waals surface area contributed by atoms with E-state index >= 15 is 0 Å². The predicted octanol–water partition coefficient (Wildman–Crippen LogP) is 2.42. The van der Waals surface area contributed by atoms with Gasteiger partial charge in [-0.05, 0) is 50.6 Å². The summed E-state index contributed by atoms with van der Waals surface area (Å²) in [4.78, 5) is 1.25. The molecule has 3 N–H and O–H groups in total. The van der Waals surface area contributed by atoms with Crippen molar-refractivity contribution in [3.05, 3.63) is 23.8 Å². The molecule has 1 saturated heterocycles. The van der Waals surface area contributed by atoms with Gasteiger partial charge in [-0.3, -0.25) is 0 Å². The Bertz CT molecular complexity index is 332. The molecule has 0 aliphatic carbocycles. The fourth-order valence-electron chi connectivity index (χ4n) is 1.84. The summed E-state index contributed by atoms with van der Waals surface area (Å²) in [5.41, 5.74) is 8.18. The number of hydrogen-bond acceptors (Lipinski definition) is 3. The van der Waals surface area contributed by atoms with Crippen LogP contribution >= 0.6 is 11.8 Å². The quantitative estimate of drug-likeness (QED) is 0.755. The predicted molar refractivity (Wildman–Crippen MR) is 67.3 cm³/mol. The summed E-state index contributed by atoms with van der Waals surface area (Å²) in [7, 11) is 0. The molecule has 1 aliphatic rings. The Morgan fingerprint density at radius 3 is 2.80 bits per heavy atom. The van der Waals surface area contributed by atoms with Crippen LogP contribution in [0.15, 0.2) is 23.1 Å². The maximum Gasteiger partial charge on any atom is 0.0452 e. The molecular weight excluding hydrogens is 204 g/mol. The highest BCUT2D eigenvalue weighted by Gasteiger charge is 2.15. The molecule has 0 spiro atoms. The summed E-state index contributed by atoms with van der Waals surface area (Å²) in [6.45, 7) is 4.40. The minimum atomic E-state index is 0.732. The third-order valence-corrected chi connectivity index (χ3v) is 4.16. The number of thioether (sulfide) groups is 1. The Kier molecular flexibility index (Phi) is 3.54. The average Bonchev–Trinajstić information content (AvgIpc) is 2.25. The van der Waals surface area contributed by atoms with Gasteiger partial charge in [0.1, 0.15) is 0 Å². The van der Waals surface area contributed by atoms with Gasteiger partial charge >= 0.3 is 0 Å². The van der Waals surface area contributed by atoms with Gasteiger partial charge in [-0.25, -0.2) is 0 Å². The lowest BCUT2D eigenvalue weighted by Gasteiger charge is -2.22. The van der Waals surface area contributed by atoms with Crippen molar-refractivity contribution in [3.63, 3.8) is 0 Å². The first kappa shape index (κ1) is 10.8. The third kappa shape index (κ3) is 2.89. The Morgan fingerprint density at radius 2 is 2.07 bits per heavy atom. The van der Waals surface area contributed by atoms with Gasteiger partial charge in [0, 0.05) is 15.8 Å². The zero-order valence-electron chi connectivity index (χ0n) is 9.12. The third-order valence-electron chi connectivity index (χ3n) is 2.75. The van der Waals surface area contributed by atoms with Gasteiger partial charge in [-0.2, -0.15) is 0 Å². The van der Waals surface area contributed by atoms with Crippen LogP contribution in [0.3, 0.4) is 0 Å². The van der Waals surface area contributed by atoms with Crippen molar-refractivity contribution in [2.24, 2.45) is 0 Å². The van der Waals surface area contributed by atoms with E-state index < -0.39 is 0 Å². The lowest BCUT2D eigenvalue weighted by Crippen LogP contribution is -2.29. The van der Waals surface area contributed by atoms with Crippen molar-refractivity contribution in [1.82, 2.24) is 5.32 Å².